The maximum absolute atomic E-state index is 12.5. The average Bonchev–Trinajstić information content (AvgIpc) is 3.10. The molecule has 298 valence electrons. The van der Waals surface area contributed by atoms with E-state index in [2.05, 4.69) is 6.58 Å². The van der Waals surface area contributed by atoms with Crippen molar-refractivity contribution in [3.05, 3.63) is 84.4 Å². The van der Waals surface area contributed by atoms with Gasteiger partial charge in [0.2, 0.25) is 0 Å². The number of rotatable bonds is 12. The van der Waals surface area contributed by atoms with E-state index in [4.69, 9.17) is 18.9 Å². The largest absolute Gasteiger partial charge is 0.461 e. The van der Waals surface area contributed by atoms with E-state index in [0.717, 1.165) is 36.8 Å². The first-order valence-corrected chi connectivity index (χ1v) is 19.0. The van der Waals surface area contributed by atoms with E-state index in [1.54, 1.807) is 9.80 Å². The number of carbonyl (C=O) groups is 4. The standard InChI is InChI=1S/C22H31NO4.C21H31NO5/c1-5-12-22(15-19(24)26-16-18-10-7-6-8-11-18)13-9-14-23(17-22)20(25)27-21(2,3)4;1-20(2,3)27-19(25)22-12-7-10-21(16-22,11-13-23)14-18(24)26-15-17-8-5-4-6-9-17/h5-8,10-11H,1,9,12-17H2,2-4H3;4-6,8-9,23H,7,10-16H2,1-3H3. The SMILES string of the molecule is C=CCC1(CC(=O)OCc2ccccc2)CCCN(C(=O)OC(C)(C)C)C1.CC(C)(C)OC(=O)N1CCCC(CCO)(CC(=O)OCc2ccccc2)C1. The Hall–Kier alpha value is -4.38. The van der Waals surface area contributed by atoms with Crippen LogP contribution < -0.4 is 0 Å². The van der Waals surface area contributed by atoms with Crippen molar-refractivity contribution in [1.29, 1.82) is 0 Å². The van der Waals surface area contributed by atoms with Gasteiger partial charge in [-0.2, -0.15) is 0 Å². The molecule has 11 heteroatoms. The molecular formula is C43H62N2O9. The van der Waals surface area contributed by atoms with E-state index in [9.17, 15) is 24.3 Å². The highest BCUT2D eigenvalue weighted by Gasteiger charge is 2.41. The molecule has 2 fully saturated rings. The minimum atomic E-state index is -0.567. The number of nitrogens with zero attached hydrogens (tertiary/aromatic N) is 2. The number of allylic oxidation sites excluding steroid dienone is 1. The minimum Gasteiger partial charge on any atom is -0.461 e. The van der Waals surface area contributed by atoms with E-state index < -0.39 is 16.6 Å². The Morgan fingerprint density at radius 2 is 1.11 bits per heavy atom. The number of carbonyl (C=O) groups excluding carboxylic acids is 4. The fourth-order valence-corrected chi connectivity index (χ4v) is 6.93. The zero-order valence-electron chi connectivity index (χ0n) is 33.3. The van der Waals surface area contributed by atoms with Crippen molar-refractivity contribution in [2.45, 2.75) is 117 Å². The molecule has 2 aliphatic heterocycles. The summed E-state index contributed by atoms with van der Waals surface area (Å²) in [6.45, 7) is 17.5. The van der Waals surface area contributed by atoms with Crippen LogP contribution in [0.5, 0.6) is 0 Å². The molecule has 0 aliphatic carbocycles. The summed E-state index contributed by atoms with van der Waals surface area (Å²) in [7, 11) is 0. The number of benzene rings is 2. The quantitative estimate of drug-likeness (QED) is 0.129. The molecular weight excluding hydrogens is 688 g/mol. The maximum Gasteiger partial charge on any atom is 0.410 e. The van der Waals surface area contributed by atoms with Crippen LogP contribution in [0.15, 0.2) is 73.3 Å². The molecule has 2 aliphatic rings. The van der Waals surface area contributed by atoms with Gasteiger partial charge in [-0.25, -0.2) is 9.59 Å². The average molecular weight is 751 g/mol. The summed E-state index contributed by atoms with van der Waals surface area (Å²) in [6.07, 6.45) is 5.92. The number of hydrogen-bond donors (Lipinski definition) is 1. The van der Waals surface area contributed by atoms with Gasteiger partial charge in [0, 0.05) is 43.6 Å². The van der Waals surface area contributed by atoms with Crippen molar-refractivity contribution in [2.75, 3.05) is 32.8 Å². The van der Waals surface area contributed by atoms with E-state index in [0.29, 0.717) is 39.0 Å². The van der Waals surface area contributed by atoms with Crippen LogP contribution in [0.25, 0.3) is 0 Å². The molecule has 1 N–H and O–H groups in total. The Morgan fingerprint density at radius 3 is 1.52 bits per heavy atom. The third-order valence-corrected chi connectivity index (χ3v) is 9.37. The summed E-state index contributed by atoms with van der Waals surface area (Å²) in [5.41, 5.74) is -0.0289. The van der Waals surface area contributed by atoms with Crippen molar-refractivity contribution < 1.29 is 43.2 Å². The highest BCUT2D eigenvalue weighted by Crippen LogP contribution is 2.39. The zero-order valence-corrected chi connectivity index (χ0v) is 33.3. The first-order valence-electron chi connectivity index (χ1n) is 19.0. The molecule has 11 nitrogen and oxygen atoms in total. The smallest absolute Gasteiger partial charge is 0.410 e. The number of aliphatic hydroxyl groups is 1. The molecule has 0 aromatic heterocycles. The summed E-state index contributed by atoms with van der Waals surface area (Å²) >= 11 is 0. The van der Waals surface area contributed by atoms with Gasteiger partial charge >= 0.3 is 24.1 Å². The molecule has 2 unspecified atom stereocenters. The van der Waals surface area contributed by atoms with Crippen molar-refractivity contribution in [3.63, 3.8) is 0 Å². The molecule has 0 spiro atoms. The maximum atomic E-state index is 12.5. The molecule has 0 bridgehead atoms. The van der Waals surface area contributed by atoms with Gasteiger partial charge in [0.15, 0.2) is 0 Å². The molecule has 54 heavy (non-hydrogen) atoms. The summed E-state index contributed by atoms with van der Waals surface area (Å²) in [5.74, 6) is -0.551. The number of hydrogen-bond acceptors (Lipinski definition) is 9. The van der Waals surface area contributed by atoms with Gasteiger partial charge in [0.25, 0.3) is 0 Å². The lowest BCUT2D eigenvalue weighted by molar-refractivity contribution is -0.150. The Bertz CT molecular complexity index is 1500. The predicted octanol–water partition coefficient (Wildman–Crippen LogP) is 8.23. The fraction of sp³-hybridized carbons (Fsp3) is 0.581. The molecule has 2 aromatic rings. The second-order valence-electron chi connectivity index (χ2n) is 16.6. The first kappa shape index (κ1) is 44.0. The van der Waals surface area contributed by atoms with Crippen molar-refractivity contribution >= 4 is 24.1 Å². The highest BCUT2D eigenvalue weighted by molar-refractivity contribution is 5.72. The predicted molar refractivity (Wildman–Crippen MR) is 207 cm³/mol. The summed E-state index contributed by atoms with van der Waals surface area (Å²) < 4.78 is 21.9. The number of piperidine rings is 2. The molecule has 2 amide bonds. The number of likely N-dealkylation sites (tertiary alicyclic amines) is 2. The number of aliphatic hydroxyl groups excluding tert-OH is 1. The molecule has 2 aromatic carbocycles. The van der Waals surface area contributed by atoms with Crippen LogP contribution in [0.4, 0.5) is 9.59 Å². The van der Waals surface area contributed by atoms with E-state index in [1.165, 1.54) is 0 Å². The van der Waals surface area contributed by atoms with Crippen LogP contribution in [-0.4, -0.2) is 83.0 Å². The topological polar surface area (TPSA) is 132 Å². The number of ether oxygens (including phenoxy) is 4. The Labute approximate surface area is 322 Å². The lowest BCUT2D eigenvalue weighted by atomic mass is 9.74. The molecule has 2 saturated heterocycles. The van der Waals surface area contributed by atoms with Crippen LogP contribution in [-0.2, 0) is 41.8 Å². The lowest BCUT2D eigenvalue weighted by Crippen LogP contribution is -2.49. The van der Waals surface area contributed by atoms with Crippen molar-refractivity contribution in [1.82, 2.24) is 9.80 Å². The van der Waals surface area contributed by atoms with Crippen LogP contribution in [0.2, 0.25) is 0 Å². The summed E-state index contributed by atoms with van der Waals surface area (Å²) in [4.78, 5) is 53.2. The Kier molecular flexibility index (Phi) is 16.6. The van der Waals surface area contributed by atoms with Gasteiger partial charge in [-0.1, -0.05) is 66.7 Å². The highest BCUT2D eigenvalue weighted by atomic mass is 16.6. The van der Waals surface area contributed by atoms with Crippen LogP contribution in [0.3, 0.4) is 0 Å². The van der Waals surface area contributed by atoms with E-state index >= 15 is 0 Å². The van der Waals surface area contributed by atoms with E-state index in [-0.39, 0.29) is 62.2 Å². The Morgan fingerprint density at radius 1 is 0.704 bits per heavy atom. The van der Waals surface area contributed by atoms with E-state index in [1.807, 2.05) is 108 Å². The second kappa shape index (κ2) is 20.3. The van der Waals surface area contributed by atoms with Crippen molar-refractivity contribution in [3.8, 4) is 0 Å². The van der Waals surface area contributed by atoms with Gasteiger partial charge in [0.1, 0.15) is 24.4 Å². The normalized spacial score (nSPS) is 20.1. The summed E-state index contributed by atoms with van der Waals surface area (Å²) in [6, 6.07) is 19.1. The fourth-order valence-electron chi connectivity index (χ4n) is 6.93. The van der Waals surface area contributed by atoms with Gasteiger partial charge in [-0.15, -0.1) is 6.58 Å². The Balaban J connectivity index is 0.000000290. The molecule has 0 saturated carbocycles. The first-order chi connectivity index (χ1) is 25.5. The van der Waals surface area contributed by atoms with Gasteiger partial charge in [-0.05, 0) is 91.2 Å². The molecule has 2 heterocycles. The summed E-state index contributed by atoms with van der Waals surface area (Å²) in [5, 5.41) is 9.53. The zero-order chi connectivity index (χ0) is 39.8. The third kappa shape index (κ3) is 15.5. The number of esters is 2. The number of amides is 2. The lowest BCUT2D eigenvalue weighted by Gasteiger charge is -2.42. The monoisotopic (exact) mass is 750 g/mol. The molecule has 0 radical (unpaired) electrons. The van der Waals surface area contributed by atoms with Crippen molar-refractivity contribution in [2.24, 2.45) is 10.8 Å². The molecule has 2 atom stereocenters. The minimum absolute atomic E-state index is 0.0336. The van der Waals surface area contributed by atoms with Gasteiger partial charge in [0.05, 0.1) is 12.8 Å². The van der Waals surface area contributed by atoms with Gasteiger partial charge < -0.3 is 33.9 Å². The van der Waals surface area contributed by atoms with Gasteiger partial charge in [-0.3, -0.25) is 9.59 Å². The van der Waals surface area contributed by atoms with Crippen LogP contribution >= 0.6 is 0 Å². The van der Waals surface area contributed by atoms with Crippen LogP contribution in [0.1, 0.15) is 104 Å². The third-order valence-electron chi connectivity index (χ3n) is 9.37. The second-order valence-corrected chi connectivity index (χ2v) is 16.6. The molecule has 4 rings (SSSR count). The van der Waals surface area contributed by atoms with Crippen LogP contribution in [0, 0.1) is 10.8 Å².